The molecule has 81 heavy (non-hydrogen) atoms. The number of para-hydroxylation sites is 1. The lowest BCUT2D eigenvalue weighted by Gasteiger charge is -2.26. The molecule has 0 unspecified atom stereocenters. The fraction of sp³-hybridized carbons (Fsp3) is 0.147. The minimum Gasteiger partial charge on any atom is -0.356 e. The summed E-state index contributed by atoms with van der Waals surface area (Å²) in [5.41, 5.74) is 12.6. The van der Waals surface area contributed by atoms with Gasteiger partial charge >= 0.3 is 0 Å². The van der Waals surface area contributed by atoms with Crippen LogP contribution < -0.4 is 15.1 Å². The lowest BCUT2D eigenvalue weighted by molar-refractivity contribution is 1.09. The van der Waals surface area contributed by atoms with Crippen molar-refractivity contribution in [2.24, 2.45) is 0 Å². The van der Waals surface area contributed by atoms with E-state index in [1.807, 2.05) is 122 Å². The highest BCUT2D eigenvalue weighted by molar-refractivity contribution is 7.99. The number of nitrogens with one attached hydrogen (secondary N) is 1. The highest BCUT2D eigenvalue weighted by Gasteiger charge is 2.25. The van der Waals surface area contributed by atoms with Gasteiger partial charge in [0.15, 0.2) is 0 Å². The summed E-state index contributed by atoms with van der Waals surface area (Å²) < 4.78 is 5.18. The first kappa shape index (κ1) is 60.5. The molecule has 10 aromatic rings. The van der Waals surface area contributed by atoms with E-state index in [4.69, 9.17) is 0 Å². The summed E-state index contributed by atoms with van der Waals surface area (Å²) >= 11 is 5.65. The molecule has 6 heteroatoms. The second kappa shape index (κ2) is 31.6. The van der Waals surface area contributed by atoms with Gasteiger partial charge in [-0.05, 0) is 139 Å². The SMILES string of the molecule is C1=CC=CCC=C1.C=CC(/C=C\C)=C/C=C/N(C)c1ccc2sc3c(c(SC)c(-c4cccc(N(c5ccccc5)c5ccc(CC)cc5)c4)c4sc5ccc(Nc6ccc(C=C)cc6)cc5c43)c2c1.CC.CCC.c1ccccc1. The Morgan fingerprint density at radius 1 is 0.617 bits per heavy atom. The molecular formula is C75H77N3S3. The number of thioether (sulfide) groups is 1. The first-order valence-corrected chi connectivity index (χ1v) is 31.0. The Balaban J connectivity index is 0.000000452. The first-order valence-electron chi connectivity index (χ1n) is 28.1. The molecule has 11 rings (SSSR count). The Hall–Kier alpha value is -8.13. The van der Waals surface area contributed by atoms with Crippen LogP contribution in [0.4, 0.5) is 34.1 Å². The van der Waals surface area contributed by atoms with Gasteiger partial charge in [-0.25, -0.2) is 0 Å². The number of anilines is 6. The molecule has 0 aliphatic heterocycles. The lowest BCUT2D eigenvalue weighted by atomic mass is 9.98. The summed E-state index contributed by atoms with van der Waals surface area (Å²) in [6.07, 6.45) is 32.1. The van der Waals surface area contributed by atoms with Crippen LogP contribution in [0, 0.1) is 0 Å². The van der Waals surface area contributed by atoms with Gasteiger partial charge in [-0.15, -0.1) is 34.4 Å². The van der Waals surface area contributed by atoms with Crippen LogP contribution in [0.1, 0.15) is 65.5 Å². The fourth-order valence-corrected chi connectivity index (χ4v) is 12.8. The van der Waals surface area contributed by atoms with E-state index in [0.717, 1.165) is 58.1 Å². The zero-order chi connectivity index (χ0) is 57.3. The molecule has 0 bridgehead atoms. The third-order valence-corrected chi connectivity index (χ3v) is 16.3. The molecule has 8 aromatic carbocycles. The molecule has 0 radical (unpaired) electrons. The zero-order valence-electron chi connectivity index (χ0n) is 48.4. The monoisotopic (exact) mass is 1120 g/mol. The van der Waals surface area contributed by atoms with E-state index >= 15 is 0 Å². The van der Waals surface area contributed by atoms with E-state index in [1.165, 1.54) is 68.4 Å². The van der Waals surface area contributed by atoms with E-state index in [1.54, 1.807) is 0 Å². The first-order chi connectivity index (χ1) is 39.8. The van der Waals surface area contributed by atoms with Crippen molar-refractivity contribution in [1.29, 1.82) is 0 Å². The number of rotatable bonds is 14. The second-order valence-electron chi connectivity index (χ2n) is 18.8. The highest BCUT2D eigenvalue weighted by Crippen LogP contribution is 2.54. The van der Waals surface area contributed by atoms with Crippen molar-refractivity contribution >= 4 is 115 Å². The maximum atomic E-state index is 3.97. The molecule has 0 amide bonds. The Morgan fingerprint density at radius 2 is 1.20 bits per heavy atom. The molecule has 1 aliphatic carbocycles. The average molecular weight is 1120 g/mol. The summed E-state index contributed by atoms with van der Waals surface area (Å²) in [6.45, 7) is 20.4. The molecular weight excluding hydrogens is 1040 g/mol. The summed E-state index contributed by atoms with van der Waals surface area (Å²) in [6, 6.07) is 63.0. The van der Waals surface area contributed by atoms with E-state index in [9.17, 15) is 0 Å². The van der Waals surface area contributed by atoms with Crippen molar-refractivity contribution in [3.05, 3.63) is 279 Å². The van der Waals surface area contributed by atoms with Crippen LogP contribution >= 0.6 is 34.4 Å². The number of nitrogens with zero attached hydrogens (tertiary/aromatic N) is 2. The van der Waals surface area contributed by atoms with E-state index in [0.29, 0.717) is 0 Å². The number of benzene rings is 8. The largest absolute Gasteiger partial charge is 0.356 e. The second-order valence-corrected chi connectivity index (χ2v) is 21.7. The van der Waals surface area contributed by atoms with Crippen LogP contribution in [0.3, 0.4) is 0 Å². The topological polar surface area (TPSA) is 18.5 Å². The standard InChI is InChI=1S/C57H49N3S3.C7H8.C6H6.C3H8.C2H6/c1-7-16-38(8-2)17-15-34-59(5)46-31-33-51-49(37-46)53-55(61-6)52(41-18-14-21-47(35-41)60(44-19-12-11-13-20-44)45-29-24-40(10-4)25-30-45)56-54(57(53)63-51)48-36-43(28-32-50(48)62-56)58-42-26-22-39(9-3)23-27-42;1-2-4-6-7-5-3-1;1-2-4-6-5-3-1;1-3-2;1-2/h7-9,11-37,58H,2-3,10H2,1,4-6H3;1-6H,7H2;1-6H;3H2,1-2H3;1-2H3/b16-7-,34-15+,38-17-;;;;. The predicted octanol–water partition coefficient (Wildman–Crippen LogP) is 24.1. The van der Waals surface area contributed by atoms with Gasteiger partial charge in [-0.2, -0.15) is 0 Å². The van der Waals surface area contributed by atoms with Gasteiger partial charge in [-0.3, -0.25) is 0 Å². The van der Waals surface area contributed by atoms with Crippen LogP contribution in [0.5, 0.6) is 0 Å². The molecule has 2 aromatic heterocycles. The van der Waals surface area contributed by atoms with Crippen molar-refractivity contribution in [1.82, 2.24) is 0 Å². The smallest absolute Gasteiger partial charge is 0.0467 e. The maximum absolute atomic E-state index is 3.97. The zero-order valence-corrected chi connectivity index (χ0v) is 50.9. The number of thiophene rings is 2. The molecule has 1 aliphatic rings. The molecule has 0 saturated heterocycles. The third-order valence-electron chi connectivity index (χ3n) is 13.1. The summed E-state index contributed by atoms with van der Waals surface area (Å²) in [4.78, 5) is 5.87. The van der Waals surface area contributed by atoms with Crippen molar-refractivity contribution in [3.8, 4) is 11.1 Å². The number of hydrogen-bond acceptors (Lipinski definition) is 6. The normalized spacial score (nSPS) is 11.7. The van der Waals surface area contributed by atoms with Crippen LogP contribution in [-0.2, 0) is 6.42 Å². The fourth-order valence-electron chi connectivity index (χ4n) is 9.21. The summed E-state index contributed by atoms with van der Waals surface area (Å²) in [7, 11) is 2.12. The minimum atomic E-state index is 1.00. The maximum Gasteiger partial charge on any atom is 0.0467 e. The molecule has 1 N–H and O–H groups in total. The van der Waals surface area contributed by atoms with Gasteiger partial charge in [0, 0.05) is 98.2 Å². The molecule has 0 atom stereocenters. The Bertz CT molecular complexity index is 3750. The molecule has 3 nitrogen and oxygen atoms in total. The van der Waals surface area contributed by atoms with Gasteiger partial charge in [0.2, 0.25) is 0 Å². The molecule has 0 fully saturated rings. The van der Waals surface area contributed by atoms with E-state index in [-0.39, 0.29) is 0 Å². The van der Waals surface area contributed by atoms with Crippen molar-refractivity contribution < 1.29 is 0 Å². The van der Waals surface area contributed by atoms with Gasteiger partial charge in [0.25, 0.3) is 0 Å². The van der Waals surface area contributed by atoms with Gasteiger partial charge in [0.1, 0.15) is 0 Å². The Morgan fingerprint density at radius 3 is 1.81 bits per heavy atom. The molecule has 0 saturated carbocycles. The van der Waals surface area contributed by atoms with Crippen LogP contribution in [0.25, 0.3) is 57.5 Å². The van der Waals surface area contributed by atoms with Gasteiger partial charge in [0.05, 0.1) is 0 Å². The molecule has 0 spiro atoms. The number of aryl methyl sites for hydroxylation is 1. The van der Waals surface area contributed by atoms with Gasteiger partial charge in [-0.1, -0.05) is 212 Å². The molecule has 2 heterocycles. The lowest BCUT2D eigenvalue weighted by Crippen LogP contribution is -2.10. The molecule has 410 valence electrons. The van der Waals surface area contributed by atoms with Gasteiger partial charge < -0.3 is 15.1 Å². The Kier molecular flexibility index (Phi) is 23.6. The summed E-state index contributed by atoms with van der Waals surface area (Å²) in [5.74, 6) is 0. The van der Waals surface area contributed by atoms with Crippen molar-refractivity contribution in [2.75, 3.05) is 28.4 Å². The number of fused-ring (bicyclic) bond motifs is 7. The predicted molar refractivity (Wildman–Crippen MR) is 370 cm³/mol. The highest BCUT2D eigenvalue weighted by atomic mass is 32.2. The number of hydrogen-bond donors (Lipinski definition) is 1. The third kappa shape index (κ3) is 15.6. The van der Waals surface area contributed by atoms with E-state index < -0.39 is 0 Å². The van der Waals surface area contributed by atoms with Crippen molar-refractivity contribution in [2.45, 2.75) is 65.7 Å². The Labute approximate surface area is 495 Å². The van der Waals surface area contributed by atoms with Crippen molar-refractivity contribution in [3.63, 3.8) is 0 Å². The summed E-state index contributed by atoms with van der Waals surface area (Å²) in [5, 5.41) is 8.85. The average Bonchev–Trinajstić information content (AvgIpc) is 4.05. The quantitative estimate of drug-likeness (QED) is 0.0864. The minimum absolute atomic E-state index is 1.00. The number of allylic oxidation sites excluding steroid dienone is 12. The van der Waals surface area contributed by atoms with Crippen LogP contribution in [0.15, 0.2) is 273 Å². The van der Waals surface area contributed by atoms with Crippen LogP contribution in [-0.4, -0.2) is 13.3 Å². The van der Waals surface area contributed by atoms with Crippen LogP contribution in [0.2, 0.25) is 0 Å². The van der Waals surface area contributed by atoms with E-state index in [2.05, 4.69) is 251 Å².